The molecule has 0 aromatic heterocycles. The molecule has 2 unspecified atom stereocenters. The van der Waals surface area contributed by atoms with E-state index in [0.29, 0.717) is 17.7 Å². The Morgan fingerprint density at radius 1 is 0.972 bits per heavy atom. The molecule has 3 aromatic rings. The number of nitrogens with one attached hydrogen (secondary N) is 1. The highest BCUT2D eigenvalue weighted by molar-refractivity contribution is 6.05. The molecular weight excluding hydrogens is 450 g/mol. The van der Waals surface area contributed by atoms with Gasteiger partial charge in [-0.05, 0) is 66.8 Å². The summed E-state index contributed by atoms with van der Waals surface area (Å²) in [6.07, 6.45) is 1.60. The van der Waals surface area contributed by atoms with Crippen LogP contribution < -0.4 is 10.2 Å². The molecule has 186 valence electrons. The first-order valence-corrected chi connectivity index (χ1v) is 12.6. The Kier molecular flexibility index (Phi) is 6.90. The molecule has 0 aliphatic carbocycles. The van der Waals surface area contributed by atoms with Crippen LogP contribution in [0.15, 0.2) is 66.7 Å². The second kappa shape index (κ2) is 10.2. The highest BCUT2D eigenvalue weighted by Gasteiger charge is 2.24. The minimum atomic E-state index is -0.163. The number of ether oxygens (including phenoxy) is 1. The second-order valence-corrected chi connectivity index (χ2v) is 9.94. The van der Waals surface area contributed by atoms with Gasteiger partial charge in [-0.25, -0.2) is 0 Å². The molecule has 0 radical (unpaired) electrons. The second-order valence-electron chi connectivity index (χ2n) is 9.94. The zero-order valence-electron chi connectivity index (χ0n) is 21.2. The van der Waals surface area contributed by atoms with Crippen molar-refractivity contribution in [1.82, 2.24) is 4.90 Å². The standard InChI is InChI=1S/C30H33N3O3/c1-20-17-33(18-21(2)36-20)19-25-15-24(10-13-27(25)22-7-5-4-6-8-22)30(35)31-26-12-9-23-11-14-29(34)32(3)28(23)16-26/h4-10,12-13,15-16,20-21H,11,14,17-19H2,1-3H3,(H,31,35). The molecule has 3 aromatic carbocycles. The van der Waals surface area contributed by atoms with E-state index in [9.17, 15) is 9.59 Å². The quantitative estimate of drug-likeness (QED) is 0.547. The smallest absolute Gasteiger partial charge is 0.255 e. The van der Waals surface area contributed by atoms with Gasteiger partial charge in [0, 0.05) is 50.0 Å². The maximum Gasteiger partial charge on any atom is 0.255 e. The lowest BCUT2D eigenvalue weighted by Gasteiger charge is -2.35. The molecule has 2 aliphatic rings. The summed E-state index contributed by atoms with van der Waals surface area (Å²) >= 11 is 0. The number of rotatable bonds is 5. The van der Waals surface area contributed by atoms with Gasteiger partial charge in [-0.1, -0.05) is 42.5 Å². The van der Waals surface area contributed by atoms with Crippen molar-refractivity contribution in [3.8, 4) is 11.1 Å². The van der Waals surface area contributed by atoms with Crippen LogP contribution in [0.3, 0.4) is 0 Å². The highest BCUT2D eigenvalue weighted by atomic mass is 16.5. The van der Waals surface area contributed by atoms with Crippen molar-refractivity contribution in [2.75, 3.05) is 30.4 Å². The lowest BCUT2D eigenvalue weighted by molar-refractivity contribution is -0.118. The Bertz CT molecular complexity index is 1260. The summed E-state index contributed by atoms with van der Waals surface area (Å²) in [4.78, 5) is 29.5. The summed E-state index contributed by atoms with van der Waals surface area (Å²) in [7, 11) is 1.79. The van der Waals surface area contributed by atoms with Gasteiger partial charge in [-0.15, -0.1) is 0 Å². The molecular formula is C30H33N3O3. The van der Waals surface area contributed by atoms with Crippen LogP contribution in [0.4, 0.5) is 11.4 Å². The van der Waals surface area contributed by atoms with Crippen LogP contribution in [-0.4, -0.2) is 49.1 Å². The maximum atomic E-state index is 13.3. The lowest BCUT2D eigenvalue weighted by Crippen LogP contribution is -2.44. The van der Waals surface area contributed by atoms with E-state index >= 15 is 0 Å². The van der Waals surface area contributed by atoms with Crippen LogP contribution in [0.1, 0.15) is 41.8 Å². The fourth-order valence-corrected chi connectivity index (χ4v) is 5.33. The number of hydrogen-bond acceptors (Lipinski definition) is 4. The van der Waals surface area contributed by atoms with Gasteiger partial charge in [0.2, 0.25) is 5.91 Å². The molecule has 2 heterocycles. The van der Waals surface area contributed by atoms with Crippen LogP contribution in [0.2, 0.25) is 0 Å². The zero-order chi connectivity index (χ0) is 25.2. The van der Waals surface area contributed by atoms with E-state index in [1.807, 2.05) is 54.6 Å². The third-order valence-electron chi connectivity index (χ3n) is 7.03. The van der Waals surface area contributed by atoms with Gasteiger partial charge in [0.15, 0.2) is 0 Å². The first-order valence-electron chi connectivity index (χ1n) is 12.6. The average molecular weight is 484 g/mol. The summed E-state index contributed by atoms with van der Waals surface area (Å²) < 4.78 is 5.92. The number of anilines is 2. The predicted molar refractivity (Wildman–Crippen MR) is 143 cm³/mol. The molecule has 2 aliphatic heterocycles. The van der Waals surface area contributed by atoms with Gasteiger partial charge in [-0.2, -0.15) is 0 Å². The van der Waals surface area contributed by atoms with Crippen molar-refractivity contribution in [3.63, 3.8) is 0 Å². The van der Waals surface area contributed by atoms with Gasteiger partial charge in [0.05, 0.1) is 12.2 Å². The monoisotopic (exact) mass is 483 g/mol. The van der Waals surface area contributed by atoms with Gasteiger partial charge in [0.25, 0.3) is 5.91 Å². The summed E-state index contributed by atoms with van der Waals surface area (Å²) in [5, 5.41) is 3.04. The minimum Gasteiger partial charge on any atom is -0.373 e. The average Bonchev–Trinajstić information content (AvgIpc) is 2.86. The number of benzene rings is 3. The maximum absolute atomic E-state index is 13.3. The topological polar surface area (TPSA) is 61.9 Å². The van der Waals surface area contributed by atoms with E-state index < -0.39 is 0 Å². The number of carbonyl (C=O) groups excluding carboxylic acids is 2. The van der Waals surface area contributed by atoms with Gasteiger partial charge >= 0.3 is 0 Å². The van der Waals surface area contributed by atoms with Crippen molar-refractivity contribution in [2.45, 2.75) is 45.4 Å². The van der Waals surface area contributed by atoms with E-state index in [0.717, 1.165) is 54.0 Å². The third kappa shape index (κ3) is 5.20. The zero-order valence-corrected chi connectivity index (χ0v) is 21.2. The molecule has 6 nitrogen and oxygen atoms in total. The van der Waals surface area contributed by atoms with Gasteiger partial charge in [0.1, 0.15) is 0 Å². The molecule has 1 N–H and O–H groups in total. The summed E-state index contributed by atoms with van der Waals surface area (Å²) in [5.74, 6) is -0.0665. The van der Waals surface area contributed by atoms with Crippen LogP contribution >= 0.6 is 0 Å². The Morgan fingerprint density at radius 3 is 2.47 bits per heavy atom. The number of aryl methyl sites for hydroxylation is 1. The molecule has 2 amide bonds. The van der Waals surface area contributed by atoms with E-state index in [4.69, 9.17) is 4.74 Å². The van der Waals surface area contributed by atoms with E-state index in [1.165, 1.54) is 0 Å². The number of hydrogen-bond donors (Lipinski definition) is 1. The van der Waals surface area contributed by atoms with Crippen molar-refractivity contribution in [3.05, 3.63) is 83.4 Å². The Labute approximate surface area is 212 Å². The highest BCUT2D eigenvalue weighted by Crippen LogP contribution is 2.31. The molecule has 5 rings (SSSR count). The summed E-state index contributed by atoms with van der Waals surface area (Å²) in [6, 6.07) is 22.0. The van der Waals surface area contributed by atoms with Crippen molar-refractivity contribution < 1.29 is 14.3 Å². The van der Waals surface area contributed by atoms with Crippen molar-refractivity contribution in [1.29, 1.82) is 0 Å². The molecule has 36 heavy (non-hydrogen) atoms. The van der Waals surface area contributed by atoms with Crippen molar-refractivity contribution >= 4 is 23.2 Å². The third-order valence-corrected chi connectivity index (χ3v) is 7.03. The van der Waals surface area contributed by atoms with E-state index in [1.54, 1.807) is 11.9 Å². The molecule has 2 atom stereocenters. The fourth-order valence-electron chi connectivity index (χ4n) is 5.33. The number of morpholine rings is 1. The molecule has 1 fully saturated rings. The van der Waals surface area contributed by atoms with E-state index in [-0.39, 0.29) is 24.0 Å². The Morgan fingerprint density at radius 2 is 1.72 bits per heavy atom. The van der Waals surface area contributed by atoms with Gasteiger partial charge < -0.3 is 15.0 Å². The van der Waals surface area contributed by atoms with Crippen molar-refractivity contribution in [2.24, 2.45) is 0 Å². The first kappa shape index (κ1) is 24.2. The molecule has 0 bridgehead atoms. The lowest BCUT2D eigenvalue weighted by atomic mass is 9.96. The number of carbonyl (C=O) groups is 2. The fraction of sp³-hybridized carbons (Fsp3) is 0.333. The van der Waals surface area contributed by atoms with E-state index in [2.05, 4.69) is 36.2 Å². The van der Waals surface area contributed by atoms with Crippen LogP contribution in [0, 0.1) is 0 Å². The van der Waals surface area contributed by atoms with Crippen LogP contribution in [0.5, 0.6) is 0 Å². The normalized spacial score (nSPS) is 20.2. The number of fused-ring (bicyclic) bond motifs is 1. The molecule has 6 heteroatoms. The largest absolute Gasteiger partial charge is 0.373 e. The molecule has 0 saturated carbocycles. The predicted octanol–water partition coefficient (Wildman–Crippen LogP) is 5.12. The molecule has 0 spiro atoms. The number of amides is 2. The van der Waals surface area contributed by atoms with Crippen LogP contribution in [-0.2, 0) is 22.5 Å². The molecule has 1 saturated heterocycles. The first-order chi connectivity index (χ1) is 17.4. The summed E-state index contributed by atoms with van der Waals surface area (Å²) in [6.45, 7) is 6.67. The summed E-state index contributed by atoms with van der Waals surface area (Å²) in [5.41, 5.74) is 6.67. The number of nitrogens with zero attached hydrogens (tertiary/aromatic N) is 2. The SMILES string of the molecule is CC1CN(Cc2cc(C(=O)Nc3ccc4c(c3)N(C)C(=O)CC4)ccc2-c2ccccc2)CC(C)O1. The minimum absolute atomic E-state index is 0.0962. The van der Waals surface area contributed by atoms with Gasteiger partial charge in [-0.3, -0.25) is 14.5 Å². The Hall–Kier alpha value is -3.48. The Balaban J connectivity index is 1.42. The van der Waals surface area contributed by atoms with Crippen LogP contribution in [0.25, 0.3) is 11.1 Å².